The molecule has 1 atom stereocenters. The minimum atomic E-state index is -0.278. The topological polar surface area (TPSA) is 23.5 Å². The predicted octanol–water partition coefficient (Wildman–Crippen LogP) is 3.79. The van der Waals surface area contributed by atoms with Gasteiger partial charge in [0, 0.05) is 11.7 Å². The van der Waals surface area contributed by atoms with Gasteiger partial charge in [0.1, 0.15) is 5.82 Å². The van der Waals surface area contributed by atoms with Crippen LogP contribution >= 0.6 is 0 Å². The van der Waals surface area contributed by atoms with Crippen LogP contribution < -0.4 is 4.90 Å². The normalized spacial score (nSPS) is 17.9. The largest absolute Gasteiger partial charge is 0.392 e. The second-order valence-corrected chi connectivity index (χ2v) is 5.33. The highest BCUT2D eigenvalue weighted by molar-refractivity contribution is 5.69. The molecule has 0 spiro atoms. The zero-order chi connectivity index (χ0) is 14.1. The smallest absolute Gasteiger partial charge is 0.147 e. The van der Waals surface area contributed by atoms with Crippen LogP contribution in [0.5, 0.6) is 0 Å². The van der Waals surface area contributed by atoms with Crippen molar-refractivity contribution in [1.29, 1.82) is 0 Å². The first-order valence-electron chi connectivity index (χ1n) is 6.97. The Morgan fingerprint density at radius 3 is 2.75 bits per heavy atom. The van der Waals surface area contributed by atoms with E-state index in [4.69, 9.17) is 5.11 Å². The first-order valence-corrected chi connectivity index (χ1v) is 6.97. The van der Waals surface area contributed by atoms with E-state index in [9.17, 15) is 4.39 Å². The monoisotopic (exact) mass is 271 g/mol. The molecule has 0 radical (unpaired) electrons. The summed E-state index contributed by atoms with van der Waals surface area (Å²) in [5, 5.41) is 9.09. The minimum Gasteiger partial charge on any atom is -0.392 e. The van der Waals surface area contributed by atoms with Crippen LogP contribution in [0.3, 0.4) is 0 Å². The van der Waals surface area contributed by atoms with Gasteiger partial charge in [-0.3, -0.25) is 0 Å². The minimum absolute atomic E-state index is 0.136. The number of fused-ring (bicyclic) bond motifs is 1. The van der Waals surface area contributed by atoms with Crippen LogP contribution in [0, 0.1) is 5.82 Å². The van der Waals surface area contributed by atoms with E-state index in [1.54, 1.807) is 12.1 Å². The number of halogens is 1. The summed E-state index contributed by atoms with van der Waals surface area (Å²) >= 11 is 0. The Hall–Kier alpha value is -1.87. The summed E-state index contributed by atoms with van der Waals surface area (Å²) in [4.78, 5) is 2.06. The number of anilines is 2. The molecule has 1 aliphatic heterocycles. The van der Waals surface area contributed by atoms with E-state index in [0.29, 0.717) is 11.3 Å². The van der Waals surface area contributed by atoms with Gasteiger partial charge in [-0.1, -0.05) is 24.3 Å². The molecule has 1 heterocycles. The zero-order valence-electron chi connectivity index (χ0n) is 11.5. The van der Waals surface area contributed by atoms with E-state index in [-0.39, 0.29) is 18.5 Å². The molecule has 0 bridgehead atoms. The third kappa shape index (κ3) is 2.18. The van der Waals surface area contributed by atoms with E-state index < -0.39 is 0 Å². The maximum atomic E-state index is 14.3. The molecule has 3 heteroatoms. The predicted molar refractivity (Wildman–Crippen MR) is 78.7 cm³/mol. The first-order chi connectivity index (χ1) is 9.70. The summed E-state index contributed by atoms with van der Waals surface area (Å²) in [6.07, 6.45) is 2.04. The molecular formula is C17H18FNO. The van der Waals surface area contributed by atoms with E-state index in [1.807, 2.05) is 18.2 Å². The number of aliphatic hydroxyl groups is 1. The van der Waals surface area contributed by atoms with Gasteiger partial charge in [-0.2, -0.15) is 0 Å². The average Bonchev–Trinajstić information content (AvgIpc) is 2.48. The van der Waals surface area contributed by atoms with Crippen LogP contribution in [0.15, 0.2) is 42.5 Å². The van der Waals surface area contributed by atoms with Gasteiger partial charge >= 0.3 is 0 Å². The van der Waals surface area contributed by atoms with Gasteiger partial charge in [0.15, 0.2) is 0 Å². The lowest BCUT2D eigenvalue weighted by Crippen LogP contribution is -2.33. The van der Waals surface area contributed by atoms with E-state index >= 15 is 0 Å². The Kier molecular flexibility index (Phi) is 3.45. The van der Waals surface area contributed by atoms with Crippen LogP contribution in [0.25, 0.3) is 0 Å². The van der Waals surface area contributed by atoms with Crippen LogP contribution in [0.2, 0.25) is 0 Å². The number of aryl methyl sites for hydroxylation is 1. The van der Waals surface area contributed by atoms with Gasteiger partial charge in [-0.25, -0.2) is 4.39 Å². The van der Waals surface area contributed by atoms with Gasteiger partial charge in [-0.15, -0.1) is 0 Å². The second-order valence-electron chi connectivity index (χ2n) is 5.33. The fourth-order valence-corrected chi connectivity index (χ4v) is 2.90. The molecule has 0 saturated heterocycles. The van der Waals surface area contributed by atoms with Crippen LogP contribution in [-0.4, -0.2) is 11.1 Å². The maximum absolute atomic E-state index is 14.3. The summed E-state index contributed by atoms with van der Waals surface area (Å²) < 4.78 is 14.3. The van der Waals surface area contributed by atoms with Gasteiger partial charge in [-0.05, 0) is 49.1 Å². The average molecular weight is 271 g/mol. The SMILES string of the molecule is CC1CCc2ccccc2N1c1ccc(CO)cc1F. The molecule has 1 aliphatic rings. The zero-order valence-corrected chi connectivity index (χ0v) is 11.5. The fraction of sp³-hybridized carbons (Fsp3) is 0.294. The third-order valence-corrected chi connectivity index (χ3v) is 3.98. The first kappa shape index (κ1) is 13.1. The maximum Gasteiger partial charge on any atom is 0.147 e. The molecular weight excluding hydrogens is 253 g/mol. The summed E-state index contributed by atoms with van der Waals surface area (Å²) in [5.74, 6) is -0.278. The quantitative estimate of drug-likeness (QED) is 0.898. The van der Waals surface area contributed by atoms with Crippen molar-refractivity contribution in [1.82, 2.24) is 0 Å². The third-order valence-electron chi connectivity index (χ3n) is 3.98. The molecule has 0 aromatic heterocycles. The Morgan fingerprint density at radius 1 is 1.20 bits per heavy atom. The van der Waals surface area contributed by atoms with Crippen molar-refractivity contribution < 1.29 is 9.50 Å². The fourth-order valence-electron chi connectivity index (χ4n) is 2.90. The molecule has 20 heavy (non-hydrogen) atoms. The van der Waals surface area contributed by atoms with Crippen molar-refractivity contribution in [2.45, 2.75) is 32.4 Å². The Bertz CT molecular complexity index is 626. The number of benzene rings is 2. The van der Waals surface area contributed by atoms with Crippen molar-refractivity contribution in [2.24, 2.45) is 0 Å². The number of nitrogens with zero attached hydrogens (tertiary/aromatic N) is 1. The van der Waals surface area contributed by atoms with Crippen LogP contribution in [0.4, 0.5) is 15.8 Å². The standard InChI is InChI=1S/C17H18FNO/c1-12-6-8-14-4-2-3-5-16(14)19(12)17-9-7-13(11-20)10-15(17)18/h2-5,7,9-10,12,20H,6,8,11H2,1H3. The summed E-state index contributed by atoms with van der Waals surface area (Å²) in [6.45, 7) is 1.98. The van der Waals surface area contributed by atoms with Gasteiger partial charge in [0.2, 0.25) is 0 Å². The lowest BCUT2D eigenvalue weighted by atomic mass is 9.95. The van der Waals surface area contributed by atoms with Crippen LogP contribution in [-0.2, 0) is 13.0 Å². The Balaban J connectivity index is 2.09. The second kappa shape index (κ2) is 5.25. The van der Waals surface area contributed by atoms with E-state index in [2.05, 4.69) is 17.9 Å². The molecule has 0 amide bonds. The molecule has 2 nitrogen and oxygen atoms in total. The van der Waals surface area contributed by atoms with Crippen molar-refractivity contribution in [3.05, 3.63) is 59.4 Å². The number of hydrogen-bond donors (Lipinski definition) is 1. The highest BCUT2D eigenvalue weighted by Crippen LogP contribution is 2.37. The summed E-state index contributed by atoms with van der Waals surface area (Å²) in [5.41, 5.74) is 3.53. The molecule has 0 fully saturated rings. The number of hydrogen-bond acceptors (Lipinski definition) is 2. The van der Waals surface area contributed by atoms with Crippen molar-refractivity contribution in [3.63, 3.8) is 0 Å². The molecule has 1 unspecified atom stereocenters. The lowest BCUT2D eigenvalue weighted by Gasteiger charge is -2.37. The van der Waals surface area contributed by atoms with E-state index in [1.165, 1.54) is 11.6 Å². The molecule has 104 valence electrons. The van der Waals surface area contributed by atoms with Gasteiger partial charge in [0.25, 0.3) is 0 Å². The van der Waals surface area contributed by atoms with Gasteiger partial charge in [0.05, 0.1) is 12.3 Å². The Labute approximate surface area is 118 Å². The highest BCUT2D eigenvalue weighted by atomic mass is 19.1. The lowest BCUT2D eigenvalue weighted by molar-refractivity contribution is 0.281. The number of aliphatic hydroxyl groups excluding tert-OH is 1. The molecule has 3 rings (SSSR count). The molecule has 1 N–H and O–H groups in total. The molecule has 0 aliphatic carbocycles. The van der Waals surface area contributed by atoms with Crippen molar-refractivity contribution in [2.75, 3.05) is 4.90 Å². The summed E-state index contributed by atoms with van der Waals surface area (Å²) in [6, 6.07) is 13.4. The molecule has 2 aromatic carbocycles. The number of para-hydroxylation sites is 1. The van der Waals surface area contributed by atoms with Crippen molar-refractivity contribution >= 4 is 11.4 Å². The van der Waals surface area contributed by atoms with E-state index in [0.717, 1.165) is 18.5 Å². The highest BCUT2D eigenvalue weighted by Gasteiger charge is 2.25. The van der Waals surface area contributed by atoms with Gasteiger partial charge < -0.3 is 10.0 Å². The Morgan fingerprint density at radius 2 is 2.00 bits per heavy atom. The molecule has 0 saturated carbocycles. The number of rotatable bonds is 2. The van der Waals surface area contributed by atoms with Crippen molar-refractivity contribution in [3.8, 4) is 0 Å². The summed E-state index contributed by atoms with van der Waals surface area (Å²) in [7, 11) is 0. The molecule has 2 aromatic rings. The van der Waals surface area contributed by atoms with Crippen LogP contribution in [0.1, 0.15) is 24.5 Å².